The summed E-state index contributed by atoms with van der Waals surface area (Å²) in [4.78, 5) is 16.4. The van der Waals surface area contributed by atoms with Crippen molar-refractivity contribution in [2.45, 2.75) is 13.8 Å². The number of hydrogen-bond donors (Lipinski definition) is 1. The fourth-order valence-corrected chi connectivity index (χ4v) is 2.65. The van der Waals surface area contributed by atoms with Gasteiger partial charge < -0.3 is 5.32 Å². The Kier molecular flexibility index (Phi) is 4.37. The summed E-state index contributed by atoms with van der Waals surface area (Å²) in [7, 11) is 0. The SMILES string of the molecule is Cc1cc(Br)ccc1C(=O)Nc1ncc(Br)cc1C. The quantitative estimate of drug-likeness (QED) is 0.830. The highest BCUT2D eigenvalue weighted by atomic mass is 79.9. The third-order valence-corrected chi connectivity index (χ3v) is 3.64. The fourth-order valence-electron chi connectivity index (χ4n) is 1.73. The number of pyridine rings is 1. The number of benzene rings is 1. The van der Waals surface area contributed by atoms with E-state index in [9.17, 15) is 4.79 Å². The molecular formula is C14H12Br2N2O. The molecule has 1 N–H and O–H groups in total. The molecule has 1 aromatic heterocycles. The smallest absolute Gasteiger partial charge is 0.257 e. The molecule has 0 spiro atoms. The summed E-state index contributed by atoms with van der Waals surface area (Å²) in [5.74, 6) is 0.429. The average molecular weight is 384 g/mol. The summed E-state index contributed by atoms with van der Waals surface area (Å²) in [5.41, 5.74) is 2.48. The molecule has 0 aliphatic carbocycles. The number of aryl methyl sites for hydroxylation is 2. The van der Waals surface area contributed by atoms with Crippen LogP contribution in [0.3, 0.4) is 0 Å². The number of amides is 1. The molecule has 1 heterocycles. The molecule has 2 rings (SSSR count). The molecule has 0 fully saturated rings. The first-order valence-electron chi connectivity index (χ1n) is 5.67. The van der Waals surface area contributed by atoms with E-state index in [1.54, 1.807) is 12.3 Å². The van der Waals surface area contributed by atoms with Crippen LogP contribution in [0.5, 0.6) is 0 Å². The lowest BCUT2D eigenvalue weighted by molar-refractivity contribution is 0.102. The number of halogens is 2. The standard InChI is InChI=1S/C14H12Br2N2O/c1-8-5-10(15)3-4-12(8)14(19)18-13-9(2)6-11(16)7-17-13/h3-7H,1-2H3,(H,17,18,19). The monoisotopic (exact) mass is 382 g/mol. The lowest BCUT2D eigenvalue weighted by Crippen LogP contribution is -2.15. The van der Waals surface area contributed by atoms with E-state index < -0.39 is 0 Å². The van der Waals surface area contributed by atoms with Crippen LogP contribution in [0.4, 0.5) is 5.82 Å². The predicted octanol–water partition coefficient (Wildman–Crippen LogP) is 4.48. The molecule has 98 valence electrons. The van der Waals surface area contributed by atoms with Crippen molar-refractivity contribution in [1.29, 1.82) is 0 Å². The summed E-state index contributed by atoms with van der Waals surface area (Å²) < 4.78 is 1.85. The molecule has 0 aliphatic rings. The Balaban J connectivity index is 2.25. The minimum atomic E-state index is -0.150. The number of nitrogens with zero attached hydrogens (tertiary/aromatic N) is 1. The second kappa shape index (κ2) is 5.84. The molecule has 0 bridgehead atoms. The lowest BCUT2D eigenvalue weighted by Gasteiger charge is -2.09. The highest BCUT2D eigenvalue weighted by Crippen LogP contribution is 2.20. The lowest BCUT2D eigenvalue weighted by atomic mass is 10.1. The van der Waals surface area contributed by atoms with Gasteiger partial charge in [-0.1, -0.05) is 15.9 Å². The molecule has 0 atom stereocenters. The number of rotatable bonds is 2. The second-order valence-corrected chi connectivity index (χ2v) is 6.06. The summed E-state index contributed by atoms with van der Waals surface area (Å²) in [6, 6.07) is 7.47. The maximum Gasteiger partial charge on any atom is 0.257 e. The molecular weight excluding hydrogens is 372 g/mol. The van der Waals surface area contributed by atoms with Gasteiger partial charge in [-0.15, -0.1) is 0 Å². The summed E-state index contributed by atoms with van der Waals surface area (Å²) >= 11 is 6.73. The molecule has 2 aromatic rings. The number of carbonyl (C=O) groups is 1. The van der Waals surface area contributed by atoms with Crippen molar-refractivity contribution in [2.24, 2.45) is 0 Å². The van der Waals surface area contributed by atoms with E-state index >= 15 is 0 Å². The summed E-state index contributed by atoms with van der Waals surface area (Å²) in [5, 5.41) is 2.83. The van der Waals surface area contributed by atoms with Crippen LogP contribution in [0.15, 0.2) is 39.4 Å². The number of nitrogens with one attached hydrogen (secondary N) is 1. The van der Waals surface area contributed by atoms with E-state index in [1.165, 1.54) is 0 Å². The number of hydrogen-bond acceptors (Lipinski definition) is 2. The van der Waals surface area contributed by atoms with Gasteiger partial charge in [-0.2, -0.15) is 0 Å². The van der Waals surface area contributed by atoms with Crippen LogP contribution in [-0.2, 0) is 0 Å². The van der Waals surface area contributed by atoms with Gasteiger partial charge in [0.25, 0.3) is 5.91 Å². The average Bonchev–Trinajstić information content (AvgIpc) is 2.32. The van der Waals surface area contributed by atoms with Crippen molar-refractivity contribution >= 4 is 43.6 Å². The number of carbonyl (C=O) groups excluding carboxylic acids is 1. The van der Waals surface area contributed by atoms with Gasteiger partial charge in [0.1, 0.15) is 5.82 Å². The molecule has 0 aliphatic heterocycles. The van der Waals surface area contributed by atoms with Crippen molar-refractivity contribution in [3.05, 3.63) is 56.1 Å². The fraction of sp³-hybridized carbons (Fsp3) is 0.143. The van der Waals surface area contributed by atoms with Crippen molar-refractivity contribution in [3.8, 4) is 0 Å². The van der Waals surface area contributed by atoms with Crippen molar-refractivity contribution in [1.82, 2.24) is 4.98 Å². The Morgan fingerprint density at radius 3 is 2.42 bits per heavy atom. The highest BCUT2D eigenvalue weighted by molar-refractivity contribution is 9.10. The topological polar surface area (TPSA) is 42.0 Å². The van der Waals surface area contributed by atoms with Crippen LogP contribution >= 0.6 is 31.9 Å². The van der Waals surface area contributed by atoms with Crippen molar-refractivity contribution in [2.75, 3.05) is 5.32 Å². The normalized spacial score (nSPS) is 10.3. The third-order valence-electron chi connectivity index (χ3n) is 2.71. The first kappa shape index (κ1) is 14.2. The van der Waals surface area contributed by atoms with Crippen molar-refractivity contribution in [3.63, 3.8) is 0 Å². The van der Waals surface area contributed by atoms with E-state index in [2.05, 4.69) is 42.2 Å². The summed E-state index contributed by atoms with van der Waals surface area (Å²) in [6.07, 6.45) is 1.66. The Labute approximate surface area is 128 Å². The van der Waals surface area contributed by atoms with Crippen LogP contribution in [0.25, 0.3) is 0 Å². The van der Waals surface area contributed by atoms with E-state index in [0.29, 0.717) is 11.4 Å². The molecule has 5 heteroatoms. The zero-order valence-corrected chi connectivity index (χ0v) is 13.7. The van der Waals surface area contributed by atoms with Crippen LogP contribution in [0.1, 0.15) is 21.5 Å². The maximum atomic E-state index is 12.2. The first-order valence-corrected chi connectivity index (χ1v) is 7.25. The van der Waals surface area contributed by atoms with Crippen LogP contribution < -0.4 is 5.32 Å². The van der Waals surface area contributed by atoms with E-state index in [1.807, 2.05) is 32.0 Å². The Hall–Kier alpha value is -1.20. The van der Waals surface area contributed by atoms with Gasteiger partial charge in [0.05, 0.1) is 0 Å². The van der Waals surface area contributed by atoms with Gasteiger partial charge in [-0.3, -0.25) is 4.79 Å². The molecule has 0 radical (unpaired) electrons. The van der Waals surface area contributed by atoms with Crippen LogP contribution in [-0.4, -0.2) is 10.9 Å². The van der Waals surface area contributed by atoms with E-state index in [-0.39, 0.29) is 5.91 Å². The molecule has 3 nitrogen and oxygen atoms in total. The maximum absolute atomic E-state index is 12.2. The summed E-state index contributed by atoms with van der Waals surface area (Å²) in [6.45, 7) is 3.81. The largest absolute Gasteiger partial charge is 0.306 e. The molecule has 0 unspecified atom stereocenters. The number of aromatic nitrogens is 1. The molecule has 19 heavy (non-hydrogen) atoms. The molecule has 0 saturated heterocycles. The zero-order valence-electron chi connectivity index (χ0n) is 10.5. The minimum Gasteiger partial charge on any atom is -0.306 e. The van der Waals surface area contributed by atoms with Gasteiger partial charge >= 0.3 is 0 Å². The predicted molar refractivity (Wildman–Crippen MR) is 83.5 cm³/mol. The molecule has 1 amide bonds. The number of anilines is 1. The van der Waals surface area contributed by atoms with E-state index in [0.717, 1.165) is 20.1 Å². The second-order valence-electron chi connectivity index (χ2n) is 4.23. The Morgan fingerprint density at radius 2 is 1.79 bits per heavy atom. The van der Waals surface area contributed by atoms with Gasteiger partial charge in [0.2, 0.25) is 0 Å². The first-order chi connectivity index (χ1) is 8.97. The van der Waals surface area contributed by atoms with Gasteiger partial charge in [-0.25, -0.2) is 4.98 Å². The Bertz CT molecular complexity index is 641. The van der Waals surface area contributed by atoms with Crippen LogP contribution in [0, 0.1) is 13.8 Å². The van der Waals surface area contributed by atoms with Gasteiger partial charge in [-0.05, 0) is 65.2 Å². The van der Waals surface area contributed by atoms with Crippen LogP contribution in [0.2, 0.25) is 0 Å². The van der Waals surface area contributed by atoms with Crippen molar-refractivity contribution < 1.29 is 4.79 Å². The highest BCUT2D eigenvalue weighted by Gasteiger charge is 2.11. The Morgan fingerprint density at radius 1 is 1.11 bits per heavy atom. The van der Waals surface area contributed by atoms with E-state index in [4.69, 9.17) is 0 Å². The minimum absolute atomic E-state index is 0.150. The third kappa shape index (κ3) is 3.42. The van der Waals surface area contributed by atoms with Gasteiger partial charge in [0.15, 0.2) is 0 Å². The molecule has 1 aromatic carbocycles. The zero-order chi connectivity index (χ0) is 14.0. The molecule has 0 saturated carbocycles. The van der Waals surface area contributed by atoms with Gasteiger partial charge in [0, 0.05) is 20.7 Å².